The van der Waals surface area contributed by atoms with Crippen LogP contribution in [0, 0.1) is 5.41 Å². The summed E-state index contributed by atoms with van der Waals surface area (Å²) >= 11 is 0. The Morgan fingerprint density at radius 2 is 1.86 bits per heavy atom. The molecule has 0 atom stereocenters. The van der Waals surface area contributed by atoms with Gasteiger partial charge in [-0.05, 0) is 36.5 Å². The standard InChI is InChI=1S/C16H25ClO3S/c1-5-16(6-2,12-21(17,18)19)11-20-15-9-7-8-14(10-15)13(3)4/h7-10,13H,5-6,11-12H2,1-4H3. The van der Waals surface area contributed by atoms with E-state index in [9.17, 15) is 8.42 Å². The maximum Gasteiger partial charge on any atom is 0.233 e. The second-order valence-corrected chi connectivity index (χ2v) is 8.68. The Labute approximate surface area is 133 Å². The molecule has 0 spiro atoms. The maximum absolute atomic E-state index is 11.4. The molecular weight excluding hydrogens is 308 g/mol. The molecule has 5 heteroatoms. The lowest BCUT2D eigenvalue weighted by atomic mass is 9.85. The molecular formula is C16H25ClO3S. The third kappa shape index (κ3) is 5.87. The van der Waals surface area contributed by atoms with Crippen molar-refractivity contribution in [2.75, 3.05) is 12.4 Å². The molecule has 120 valence electrons. The minimum atomic E-state index is -3.54. The Balaban J connectivity index is 2.84. The van der Waals surface area contributed by atoms with Gasteiger partial charge in [-0.2, -0.15) is 0 Å². The lowest BCUT2D eigenvalue weighted by molar-refractivity contribution is 0.155. The van der Waals surface area contributed by atoms with E-state index in [4.69, 9.17) is 15.4 Å². The fourth-order valence-electron chi connectivity index (χ4n) is 2.27. The van der Waals surface area contributed by atoms with Crippen LogP contribution in [0.25, 0.3) is 0 Å². The SMILES string of the molecule is CCC(CC)(COc1cccc(C(C)C)c1)CS(=O)(=O)Cl. The summed E-state index contributed by atoms with van der Waals surface area (Å²) in [5.41, 5.74) is 0.769. The third-order valence-corrected chi connectivity index (χ3v) is 5.33. The Bertz CT molecular complexity index is 548. The fourth-order valence-corrected chi connectivity index (χ4v) is 4.18. The van der Waals surface area contributed by atoms with Gasteiger partial charge in [0.1, 0.15) is 5.75 Å². The molecule has 0 aliphatic rings. The van der Waals surface area contributed by atoms with Gasteiger partial charge in [0.05, 0.1) is 12.4 Å². The topological polar surface area (TPSA) is 43.4 Å². The van der Waals surface area contributed by atoms with Crippen molar-refractivity contribution in [1.29, 1.82) is 0 Å². The highest BCUT2D eigenvalue weighted by Gasteiger charge is 2.32. The number of halogens is 1. The molecule has 0 heterocycles. The molecule has 1 aromatic carbocycles. The van der Waals surface area contributed by atoms with Gasteiger partial charge >= 0.3 is 0 Å². The van der Waals surface area contributed by atoms with E-state index < -0.39 is 14.5 Å². The van der Waals surface area contributed by atoms with Gasteiger partial charge in [-0.3, -0.25) is 0 Å². The molecule has 0 aliphatic carbocycles. The van der Waals surface area contributed by atoms with E-state index in [1.165, 1.54) is 5.56 Å². The average Bonchev–Trinajstić information content (AvgIpc) is 2.42. The predicted molar refractivity (Wildman–Crippen MR) is 88.7 cm³/mol. The van der Waals surface area contributed by atoms with Crippen molar-refractivity contribution in [3.8, 4) is 5.75 Å². The summed E-state index contributed by atoms with van der Waals surface area (Å²) in [6, 6.07) is 7.93. The Hall–Kier alpha value is -0.740. The van der Waals surface area contributed by atoms with Gasteiger partial charge in [0.2, 0.25) is 9.05 Å². The van der Waals surface area contributed by atoms with E-state index in [1.54, 1.807) is 0 Å². The molecule has 0 radical (unpaired) electrons. The second-order valence-electron chi connectivity index (χ2n) is 5.91. The van der Waals surface area contributed by atoms with Crippen molar-refractivity contribution < 1.29 is 13.2 Å². The first-order valence-corrected chi connectivity index (χ1v) is 9.84. The van der Waals surface area contributed by atoms with E-state index in [2.05, 4.69) is 19.9 Å². The molecule has 0 fully saturated rings. The molecule has 0 unspecified atom stereocenters. The summed E-state index contributed by atoms with van der Waals surface area (Å²) in [6.45, 7) is 8.55. The zero-order valence-corrected chi connectivity index (χ0v) is 14.8. The molecule has 0 saturated heterocycles. The molecule has 0 aliphatic heterocycles. The van der Waals surface area contributed by atoms with Gasteiger partial charge in [0, 0.05) is 16.1 Å². The molecule has 0 aromatic heterocycles. The Morgan fingerprint density at radius 3 is 2.33 bits per heavy atom. The first kappa shape index (κ1) is 18.3. The molecule has 0 amide bonds. The van der Waals surface area contributed by atoms with Crippen LogP contribution in [0.3, 0.4) is 0 Å². The van der Waals surface area contributed by atoms with Crippen LogP contribution in [0.4, 0.5) is 0 Å². The quantitative estimate of drug-likeness (QED) is 0.655. The van der Waals surface area contributed by atoms with Crippen LogP contribution in [0.2, 0.25) is 0 Å². The third-order valence-electron chi connectivity index (χ3n) is 4.05. The van der Waals surface area contributed by atoms with E-state index in [1.807, 2.05) is 32.0 Å². The van der Waals surface area contributed by atoms with Crippen molar-refractivity contribution >= 4 is 19.7 Å². The molecule has 0 N–H and O–H groups in total. The van der Waals surface area contributed by atoms with E-state index >= 15 is 0 Å². The van der Waals surface area contributed by atoms with Crippen LogP contribution in [-0.4, -0.2) is 20.8 Å². The van der Waals surface area contributed by atoms with Crippen LogP contribution in [0.15, 0.2) is 24.3 Å². The molecule has 3 nitrogen and oxygen atoms in total. The summed E-state index contributed by atoms with van der Waals surface area (Å²) in [6.07, 6.45) is 1.42. The monoisotopic (exact) mass is 332 g/mol. The summed E-state index contributed by atoms with van der Waals surface area (Å²) in [5, 5.41) is 0. The molecule has 0 saturated carbocycles. The smallest absolute Gasteiger partial charge is 0.233 e. The van der Waals surface area contributed by atoms with Crippen molar-refractivity contribution in [1.82, 2.24) is 0 Å². The van der Waals surface area contributed by atoms with Crippen molar-refractivity contribution in [2.24, 2.45) is 5.41 Å². The number of rotatable bonds is 8. The number of hydrogen-bond donors (Lipinski definition) is 0. The number of benzene rings is 1. The number of ether oxygens (including phenoxy) is 1. The zero-order chi connectivity index (χ0) is 16.1. The van der Waals surface area contributed by atoms with Gasteiger partial charge in [-0.1, -0.05) is 39.8 Å². The predicted octanol–water partition coefficient (Wildman–Crippen LogP) is 4.56. The largest absolute Gasteiger partial charge is 0.493 e. The summed E-state index contributed by atoms with van der Waals surface area (Å²) < 4.78 is 28.7. The first-order valence-electron chi connectivity index (χ1n) is 7.36. The highest BCUT2D eigenvalue weighted by molar-refractivity contribution is 8.13. The second kappa shape index (κ2) is 7.50. The van der Waals surface area contributed by atoms with Gasteiger partial charge < -0.3 is 4.74 Å². The average molecular weight is 333 g/mol. The van der Waals surface area contributed by atoms with Gasteiger partial charge in [-0.25, -0.2) is 8.42 Å². The van der Waals surface area contributed by atoms with Crippen LogP contribution in [-0.2, 0) is 9.05 Å². The maximum atomic E-state index is 11.4. The lowest BCUT2D eigenvalue weighted by Crippen LogP contribution is -2.33. The fraction of sp³-hybridized carbons (Fsp3) is 0.625. The zero-order valence-electron chi connectivity index (χ0n) is 13.2. The summed E-state index contributed by atoms with van der Waals surface area (Å²) in [4.78, 5) is 0. The van der Waals surface area contributed by atoms with Crippen LogP contribution in [0.1, 0.15) is 52.0 Å². The van der Waals surface area contributed by atoms with Crippen LogP contribution < -0.4 is 4.74 Å². The number of hydrogen-bond acceptors (Lipinski definition) is 3. The van der Waals surface area contributed by atoms with Gasteiger partial charge in [-0.15, -0.1) is 0 Å². The molecule has 1 aromatic rings. The summed E-state index contributed by atoms with van der Waals surface area (Å²) in [5.74, 6) is 1.15. The first-order chi connectivity index (χ1) is 9.71. The lowest BCUT2D eigenvalue weighted by Gasteiger charge is -2.30. The Kier molecular flexibility index (Phi) is 6.54. The molecule has 1 rings (SSSR count). The normalized spacial score (nSPS) is 12.7. The molecule has 0 bridgehead atoms. The minimum Gasteiger partial charge on any atom is -0.493 e. The van der Waals surface area contributed by atoms with Crippen LogP contribution in [0.5, 0.6) is 5.75 Å². The van der Waals surface area contributed by atoms with Crippen molar-refractivity contribution in [2.45, 2.75) is 46.5 Å². The van der Waals surface area contributed by atoms with E-state index in [0.717, 1.165) is 5.75 Å². The van der Waals surface area contributed by atoms with Gasteiger partial charge in [0.25, 0.3) is 0 Å². The van der Waals surface area contributed by atoms with Crippen molar-refractivity contribution in [3.63, 3.8) is 0 Å². The Morgan fingerprint density at radius 1 is 1.24 bits per heavy atom. The minimum absolute atomic E-state index is 0.0571. The van der Waals surface area contributed by atoms with Crippen LogP contribution >= 0.6 is 10.7 Å². The highest BCUT2D eigenvalue weighted by Crippen LogP contribution is 2.31. The highest BCUT2D eigenvalue weighted by atomic mass is 35.7. The van der Waals surface area contributed by atoms with E-state index in [-0.39, 0.29) is 5.75 Å². The summed E-state index contributed by atoms with van der Waals surface area (Å²) in [7, 11) is 1.90. The van der Waals surface area contributed by atoms with E-state index in [0.29, 0.717) is 25.4 Å². The van der Waals surface area contributed by atoms with Crippen molar-refractivity contribution in [3.05, 3.63) is 29.8 Å². The van der Waals surface area contributed by atoms with Gasteiger partial charge in [0.15, 0.2) is 0 Å². The molecule has 21 heavy (non-hydrogen) atoms.